The molecule has 2 atom stereocenters. The van der Waals surface area contributed by atoms with Crippen LogP contribution in [0.15, 0.2) is 18.5 Å². The van der Waals surface area contributed by atoms with Gasteiger partial charge in [-0.3, -0.25) is 14.3 Å². The molecule has 2 amide bonds. The minimum absolute atomic E-state index is 0.00272. The molecular formula is C24H31F2N5O2. The molecule has 2 aromatic heterocycles. The largest absolute Gasteiger partial charge is 0.354 e. The molecule has 2 N–H and O–H groups in total. The van der Waals surface area contributed by atoms with Gasteiger partial charge < -0.3 is 10.6 Å². The quantitative estimate of drug-likeness (QED) is 0.699. The average molecular weight is 460 g/mol. The zero-order valence-electron chi connectivity index (χ0n) is 19.5. The predicted molar refractivity (Wildman–Crippen MR) is 121 cm³/mol. The second-order valence-corrected chi connectivity index (χ2v) is 10.3. The third-order valence-corrected chi connectivity index (χ3v) is 6.54. The molecule has 3 heterocycles. The summed E-state index contributed by atoms with van der Waals surface area (Å²) in [6.07, 6.45) is 6.45. The average Bonchev–Trinajstić information content (AvgIpc) is 3.21. The highest BCUT2D eigenvalue weighted by Gasteiger charge is 2.35. The van der Waals surface area contributed by atoms with Gasteiger partial charge in [-0.2, -0.15) is 5.10 Å². The number of carbonyl (C=O) groups excluding carboxylic acids is 2. The molecule has 0 radical (unpaired) electrons. The zero-order valence-corrected chi connectivity index (χ0v) is 19.5. The summed E-state index contributed by atoms with van der Waals surface area (Å²) < 4.78 is 30.8. The minimum atomic E-state index is -3.09. The van der Waals surface area contributed by atoms with Crippen molar-refractivity contribution >= 4 is 17.6 Å². The van der Waals surface area contributed by atoms with Crippen LogP contribution < -0.4 is 10.6 Å². The number of amides is 2. The van der Waals surface area contributed by atoms with Gasteiger partial charge in [0, 0.05) is 55.4 Å². The van der Waals surface area contributed by atoms with Crippen LogP contribution in [0.2, 0.25) is 0 Å². The molecule has 1 aliphatic heterocycles. The van der Waals surface area contributed by atoms with E-state index in [0.717, 1.165) is 44.6 Å². The van der Waals surface area contributed by atoms with Crippen molar-refractivity contribution in [3.05, 3.63) is 29.7 Å². The molecule has 7 nitrogen and oxygen atoms in total. The van der Waals surface area contributed by atoms with Crippen LogP contribution in [0, 0.1) is 11.3 Å². The fourth-order valence-electron chi connectivity index (χ4n) is 5.04. The number of rotatable bonds is 5. The molecule has 178 valence electrons. The number of anilines is 1. The van der Waals surface area contributed by atoms with Crippen LogP contribution in [0.4, 0.5) is 14.6 Å². The minimum Gasteiger partial charge on any atom is -0.354 e. The molecule has 0 unspecified atom stereocenters. The predicted octanol–water partition coefficient (Wildman–Crippen LogP) is 4.27. The fraction of sp³-hybridized carbons (Fsp3) is 0.583. The highest BCUT2D eigenvalue weighted by molar-refractivity contribution is 5.92. The Bertz CT molecular complexity index is 1070. The highest BCUT2D eigenvalue weighted by Crippen LogP contribution is 2.42. The summed E-state index contributed by atoms with van der Waals surface area (Å²) >= 11 is 0. The van der Waals surface area contributed by atoms with Crippen LogP contribution in [-0.4, -0.2) is 32.6 Å². The molecule has 33 heavy (non-hydrogen) atoms. The van der Waals surface area contributed by atoms with Crippen molar-refractivity contribution in [2.75, 3.05) is 5.32 Å². The van der Waals surface area contributed by atoms with Crippen molar-refractivity contribution in [2.45, 2.75) is 78.3 Å². The van der Waals surface area contributed by atoms with E-state index in [1.807, 2.05) is 4.68 Å². The van der Waals surface area contributed by atoms with E-state index in [2.05, 4.69) is 34.6 Å². The van der Waals surface area contributed by atoms with Gasteiger partial charge in [-0.05, 0) is 42.7 Å². The Hall–Kier alpha value is -2.84. The van der Waals surface area contributed by atoms with Crippen molar-refractivity contribution < 1.29 is 18.4 Å². The molecule has 0 bridgehead atoms. The topological polar surface area (TPSA) is 88.9 Å². The Morgan fingerprint density at radius 1 is 1.21 bits per heavy atom. The van der Waals surface area contributed by atoms with Crippen molar-refractivity contribution in [1.29, 1.82) is 0 Å². The van der Waals surface area contributed by atoms with Gasteiger partial charge in [-0.15, -0.1) is 0 Å². The van der Waals surface area contributed by atoms with E-state index >= 15 is 0 Å². The summed E-state index contributed by atoms with van der Waals surface area (Å²) in [6.45, 7) is 7.29. The first-order valence-corrected chi connectivity index (χ1v) is 11.4. The number of hydrogen-bond acceptors (Lipinski definition) is 4. The number of halogens is 2. The van der Waals surface area contributed by atoms with Gasteiger partial charge in [0.25, 0.3) is 5.92 Å². The SMILES string of the molecule is CC(=O)N[C@@H]1CCC[C@H](C(=O)Nc2cc(-c3cnn4c3CC(C)(C)C4)c(C(C)(F)F)cn2)C1. The molecule has 1 aliphatic carbocycles. The number of hydrogen-bond donors (Lipinski definition) is 2. The lowest BCUT2D eigenvalue weighted by atomic mass is 9.85. The third kappa shape index (κ3) is 5.07. The Balaban J connectivity index is 1.60. The van der Waals surface area contributed by atoms with Crippen LogP contribution >= 0.6 is 0 Å². The zero-order chi connectivity index (χ0) is 24.0. The third-order valence-electron chi connectivity index (χ3n) is 6.54. The van der Waals surface area contributed by atoms with E-state index in [4.69, 9.17) is 0 Å². The summed E-state index contributed by atoms with van der Waals surface area (Å²) in [6, 6.07) is 1.50. The number of alkyl halides is 2. The summed E-state index contributed by atoms with van der Waals surface area (Å²) in [5, 5.41) is 10.1. The molecule has 9 heteroatoms. The first-order chi connectivity index (χ1) is 15.4. The second-order valence-electron chi connectivity index (χ2n) is 10.3. The maximum atomic E-state index is 14.5. The Labute approximate surface area is 192 Å². The lowest BCUT2D eigenvalue weighted by Crippen LogP contribution is -2.40. The number of pyridine rings is 1. The van der Waals surface area contributed by atoms with Gasteiger partial charge in [0.2, 0.25) is 11.8 Å². The number of fused-ring (bicyclic) bond motifs is 1. The van der Waals surface area contributed by atoms with Gasteiger partial charge >= 0.3 is 0 Å². The summed E-state index contributed by atoms with van der Waals surface area (Å²) in [5.74, 6) is -3.44. The van der Waals surface area contributed by atoms with E-state index in [1.54, 1.807) is 6.20 Å². The first-order valence-electron chi connectivity index (χ1n) is 11.4. The van der Waals surface area contributed by atoms with Crippen molar-refractivity contribution in [2.24, 2.45) is 11.3 Å². The van der Waals surface area contributed by atoms with Gasteiger partial charge in [0.15, 0.2) is 0 Å². The highest BCUT2D eigenvalue weighted by atomic mass is 19.3. The van der Waals surface area contributed by atoms with Gasteiger partial charge in [-0.25, -0.2) is 13.8 Å². The Kier molecular flexibility index (Phi) is 6.01. The lowest BCUT2D eigenvalue weighted by Gasteiger charge is -2.28. The van der Waals surface area contributed by atoms with Crippen LogP contribution in [0.5, 0.6) is 0 Å². The van der Waals surface area contributed by atoms with Crippen LogP contribution in [0.3, 0.4) is 0 Å². The molecule has 0 saturated heterocycles. The van der Waals surface area contributed by atoms with Crippen molar-refractivity contribution in [1.82, 2.24) is 20.1 Å². The van der Waals surface area contributed by atoms with E-state index in [-0.39, 0.29) is 40.6 Å². The summed E-state index contributed by atoms with van der Waals surface area (Å²) in [5.41, 5.74) is 1.72. The molecule has 1 saturated carbocycles. The number of carbonyl (C=O) groups is 2. The van der Waals surface area contributed by atoms with E-state index in [9.17, 15) is 18.4 Å². The van der Waals surface area contributed by atoms with Crippen molar-refractivity contribution in [3.63, 3.8) is 0 Å². The van der Waals surface area contributed by atoms with E-state index in [0.29, 0.717) is 24.0 Å². The van der Waals surface area contributed by atoms with Gasteiger partial charge in [0.1, 0.15) is 5.82 Å². The van der Waals surface area contributed by atoms with Crippen LogP contribution in [0.1, 0.15) is 64.6 Å². The summed E-state index contributed by atoms with van der Waals surface area (Å²) in [7, 11) is 0. The maximum Gasteiger partial charge on any atom is 0.272 e. The van der Waals surface area contributed by atoms with Gasteiger partial charge in [0.05, 0.1) is 6.20 Å². The van der Waals surface area contributed by atoms with Crippen LogP contribution in [0.25, 0.3) is 11.1 Å². The maximum absolute atomic E-state index is 14.5. The first kappa shape index (κ1) is 23.3. The normalized spacial score (nSPS) is 22.0. The number of nitrogens with one attached hydrogen (secondary N) is 2. The Morgan fingerprint density at radius 3 is 2.67 bits per heavy atom. The molecule has 0 aromatic carbocycles. The second kappa shape index (κ2) is 8.50. The molecule has 4 rings (SSSR count). The molecule has 1 fully saturated rings. The smallest absolute Gasteiger partial charge is 0.272 e. The molecular weight excluding hydrogens is 428 g/mol. The fourth-order valence-corrected chi connectivity index (χ4v) is 5.04. The van der Waals surface area contributed by atoms with E-state index in [1.165, 1.54) is 13.0 Å². The summed E-state index contributed by atoms with van der Waals surface area (Å²) in [4.78, 5) is 28.4. The monoisotopic (exact) mass is 459 g/mol. The molecule has 2 aliphatic rings. The van der Waals surface area contributed by atoms with Crippen LogP contribution in [-0.2, 0) is 28.5 Å². The lowest BCUT2D eigenvalue weighted by molar-refractivity contribution is -0.123. The molecule has 0 spiro atoms. The van der Waals surface area contributed by atoms with Crippen molar-refractivity contribution in [3.8, 4) is 11.1 Å². The Morgan fingerprint density at radius 2 is 1.97 bits per heavy atom. The molecule has 2 aromatic rings. The standard InChI is InChI=1S/C24H31F2N5O2/c1-14(32)29-16-7-5-6-15(8-16)22(33)30-21-9-17(19(12-27-21)24(4,25)26)18-11-28-31-13-23(2,3)10-20(18)31/h9,11-12,15-16H,5-8,10,13H2,1-4H3,(H,29,32)(H,27,30,33)/t15-,16+/m0/s1. The number of nitrogens with zero attached hydrogens (tertiary/aromatic N) is 3. The number of aromatic nitrogens is 3. The van der Waals surface area contributed by atoms with Gasteiger partial charge in [-0.1, -0.05) is 20.3 Å². The van der Waals surface area contributed by atoms with E-state index < -0.39 is 5.92 Å².